The lowest BCUT2D eigenvalue weighted by atomic mass is 10.1. The van der Waals surface area contributed by atoms with E-state index in [1.54, 1.807) is 6.08 Å². The lowest BCUT2D eigenvalue weighted by Crippen LogP contribution is -2.27. The van der Waals surface area contributed by atoms with Gasteiger partial charge in [0.25, 0.3) is 5.91 Å². The first-order valence-corrected chi connectivity index (χ1v) is 10.5. The SMILES string of the molecule is CCN(Cc1ccccc1)c1ccc(/C=C(/C#N)C(=O)N[C@@H](C)c2ccccc2)cc1. The van der Waals surface area contributed by atoms with Gasteiger partial charge in [-0.1, -0.05) is 72.8 Å². The summed E-state index contributed by atoms with van der Waals surface area (Å²) < 4.78 is 0. The molecule has 0 aliphatic carbocycles. The van der Waals surface area contributed by atoms with Crippen molar-refractivity contribution in [1.29, 1.82) is 5.26 Å². The zero-order valence-electron chi connectivity index (χ0n) is 18.0. The van der Waals surface area contributed by atoms with E-state index < -0.39 is 0 Å². The van der Waals surface area contributed by atoms with Gasteiger partial charge in [0.05, 0.1) is 6.04 Å². The van der Waals surface area contributed by atoms with E-state index in [0.717, 1.165) is 29.9 Å². The highest BCUT2D eigenvalue weighted by Crippen LogP contribution is 2.20. The van der Waals surface area contributed by atoms with Gasteiger partial charge in [0, 0.05) is 18.8 Å². The fourth-order valence-corrected chi connectivity index (χ4v) is 3.39. The Morgan fingerprint density at radius 2 is 1.61 bits per heavy atom. The van der Waals surface area contributed by atoms with Gasteiger partial charge in [0.15, 0.2) is 0 Å². The number of rotatable bonds is 8. The van der Waals surface area contributed by atoms with Crippen molar-refractivity contribution in [3.63, 3.8) is 0 Å². The van der Waals surface area contributed by atoms with Crippen LogP contribution in [0.1, 0.15) is 36.6 Å². The molecule has 0 heterocycles. The molecule has 31 heavy (non-hydrogen) atoms. The second-order valence-corrected chi connectivity index (χ2v) is 7.37. The summed E-state index contributed by atoms with van der Waals surface area (Å²) in [7, 11) is 0. The van der Waals surface area contributed by atoms with Crippen LogP contribution in [-0.4, -0.2) is 12.5 Å². The summed E-state index contributed by atoms with van der Waals surface area (Å²) in [5.74, 6) is -0.373. The average Bonchev–Trinajstić information content (AvgIpc) is 2.82. The van der Waals surface area contributed by atoms with Crippen molar-refractivity contribution in [3.8, 4) is 6.07 Å². The van der Waals surface area contributed by atoms with Crippen molar-refractivity contribution in [3.05, 3.63) is 107 Å². The van der Waals surface area contributed by atoms with E-state index in [0.29, 0.717) is 0 Å². The van der Waals surface area contributed by atoms with Gasteiger partial charge in [-0.2, -0.15) is 5.26 Å². The van der Waals surface area contributed by atoms with Crippen LogP contribution in [0.4, 0.5) is 5.69 Å². The molecule has 0 bridgehead atoms. The monoisotopic (exact) mass is 409 g/mol. The smallest absolute Gasteiger partial charge is 0.262 e. The van der Waals surface area contributed by atoms with Crippen molar-refractivity contribution < 1.29 is 4.79 Å². The van der Waals surface area contributed by atoms with Crippen LogP contribution in [0.15, 0.2) is 90.5 Å². The van der Waals surface area contributed by atoms with Crippen LogP contribution in [0.5, 0.6) is 0 Å². The Morgan fingerprint density at radius 3 is 2.19 bits per heavy atom. The standard InChI is InChI=1S/C27H27N3O/c1-3-30(20-23-10-6-4-7-11-23)26-16-14-22(15-17-26)18-25(19-28)27(31)29-21(2)24-12-8-5-9-13-24/h4-18,21H,3,20H2,1-2H3,(H,29,31)/b25-18-/t21-/m0/s1. The van der Waals surface area contributed by atoms with Gasteiger partial charge in [-0.15, -0.1) is 0 Å². The Balaban J connectivity index is 1.69. The predicted molar refractivity (Wildman–Crippen MR) is 126 cm³/mol. The third kappa shape index (κ3) is 6.07. The molecule has 1 atom stereocenters. The van der Waals surface area contributed by atoms with Crippen LogP contribution in [0.3, 0.4) is 0 Å². The molecule has 3 aromatic carbocycles. The molecule has 0 fully saturated rings. The predicted octanol–water partition coefficient (Wildman–Crippen LogP) is 5.50. The molecule has 1 amide bonds. The minimum absolute atomic E-state index is 0.0900. The molecule has 0 aliphatic rings. The number of carbonyl (C=O) groups is 1. The number of nitriles is 1. The first-order valence-electron chi connectivity index (χ1n) is 10.5. The molecule has 0 aromatic heterocycles. The lowest BCUT2D eigenvalue weighted by Gasteiger charge is -2.23. The molecule has 3 aromatic rings. The van der Waals surface area contributed by atoms with E-state index in [2.05, 4.69) is 29.3 Å². The van der Waals surface area contributed by atoms with Crippen LogP contribution >= 0.6 is 0 Å². The summed E-state index contributed by atoms with van der Waals surface area (Å²) in [6.45, 7) is 5.74. The van der Waals surface area contributed by atoms with Gasteiger partial charge in [-0.05, 0) is 48.7 Å². The Morgan fingerprint density at radius 1 is 1.00 bits per heavy atom. The molecule has 4 heteroatoms. The summed E-state index contributed by atoms with van der Waals surface area (Å²) in [6.07, 6.45) is 1.63. The third-order valence-electron chi connectivity index (χ3n) is 5.18. The maximum absolute atomic E-state index is 12.6. The topological polar surface area (TPSA) is 56.1 Å². The van der Waals surface area contributed by atoms with Gasteiger partial charge >= 0.3 is 0 Å². The van der Waals surface area contributed by atoms with E-state index in [4.69, 9.17) is 0 Å². The summed E-state index contributed by atoms with van der Waals surface area (Å²) in [4.78, 5) is 14.9. The summed E-state index contributed by atoms with van der Waals surface area (Å²) in [6, 6.07) is 29.8. The normalized spacial score (nSPS) is 12.0. The number of anilines is 1. The van der Waals surface area contributed by atoms with Gasteiger partial charge in [-0.3, -0.25) is 4.79 Å². The van der Waals surface area contributed by atoms with Crippen LogP contribution in [0.2, 0.25) is 0 Å². The van der Waals surface area contributed by atoms with E-state index >= 15 is 0 Å². The Hall–Kier alpha value is -3.84. The molecule has 4 nitrogen and oxygen atoms in total. The molecule has 3 rings (SSSR count). The number of hydrogen-bond donors (Lipinski definition) is 1. The van der Waals surface area contributed by atoms with Gasteiger partial charge in [0.1, 0.15) is 11.6 Å². The number of amides is 1. The minimum Gasteiger partial charge on any atom is -0.367 e. The molecule has 0 radical (unpaired) electrons. The Bertz CT molecular complexity index is 1050. The summed E-state index contributed by atoms with van der Waals surface area (Å²) in [5, 5.41) is 12.4. The molecule has 0 saturated carbocycles. The van der Waals surface area contributed by atoms with Crippen molar-refractivity contribution in [2.45, 2.75) is 26.4 Å². The van der Waals surface area contributed by atoms with Crippen molar-refractivity contribution >= 4 is 17.7 Å². The summed E-state index contributed by atoms with van der Waals surface area (Å²) >= 11 is 0. The minimum atomic E-state index is -0.373. The molecule has 0 aliphatic heterocycles. The van der Waals surface area contributed by atoms with Crippen molar-refractivity contribution in [2.24, 2.45) is 0 Å². The van der Waals surface area contributed by atoms with E-state index in [1.165, 1.54) is 5.56 Å². The molecule has 156 valence electrons. The zero-order valence-corrected chi connectivity index (χ0v) is 18.0. The molecular weight excluding hydrogens is 382 g/mol. The maximum Gasteiger partial charge on any atom is 0.262 e. The van der Waals surface area contributed by atoms with E-state index in [9.17, 15) is 10.1 Å². The van der Waals surface area contributed by atoms with Crippen LogP contribution in [0.25, 0.3) is 6.08 Å². The van der Waals surface area contributed by atoms with Crippen LogP contribution < -0.4 is 10.2 Å². The lowest BCUT2D eigenvalue weighted by molar-refractivity contribution is -0.117. The summed E-state index contributed by atoms with van der Waals surface area (Å²) in [5.41, 5.74) is 4.26. The molecule has 0 saturated heterocycles. The average molecular weight is 410 g/mol. The Kier molecular flexibility index (Phi) is 7.61. The molecule has 1 N–H and O–H groups in total. The van der Waals surface area contributed by atoms with Crippen LogP contribution in [0, 0.1) is 11.3 Å². The van der Waals surface area contributed by atoms with Crippen LogP contribution in [-0.2, 0) is 11.3 Å². The second kappa shape index (κ2) is 10.8. The third-order valence-corrected chi connectivity index (χ3v) is 5.18. The number of nitrogens with zero attached hydrogens (tertiary/aromatic N) is 2. The van der Waals surface area contributed by atoms with Crippen molar-refractivity contribution in [2.75, 3.05) is 11.4 Å². The van der Waals surface area contributed by atoms with E-state index in [-0.39, 0.29) is 17.5 Å². The molecular formula is C27H27N3O. The highest BCUT2D eigenvalue weighted by Gasteiger charge is 2.14. The first-order chi connectivity index (χ1) is 15.1. The molecule has 0 spiro atoms. The van der Waals surface area contributed by atoms with Gasteiger partial charge in [0.2, 0.25) is 0 Å². The number of carbonyl (C=O) groups excluding carboxylic acids is 1. The van der Waals surface area contributed by atoms with Gasteiger partial charge in [-0.25, -0.2) is 0 Å². The largest absolute Gasteiger partial charge is 0.367 e. The fraction of sp³-hybridized carbons (Fsp3) is 0.185. The maximum atomic E-state index is 12.6. The second-order valence-electron chi connectivity index (χ2n) is 7.37. The van der Waals surface area contributed by atoms with Gasteiger partial charge < -0.3 is 10.2 Å². The highest BCUT2D eigenvalue weighted by molar-refractivity contribution is 6.01. The zero-order chi connectivity index (χ0) is 22.1. The fourth-order valence-electron chi connectivity index (χ4n) is 3.39. The Labute approximate surface area is 184 Å². The number of hydrogen-bond acceptors (Lipinski definition) is 3. The quantitative estimate of drug-likeness (QED) is 0.395. The highest BCUT2D eigenvalue weighted by atomic mass is 16.1. The first kappa shape index (κ1) is 21.9. The number of nitrogens with one attached hydrogen (secondary N) is 1. The number of benzene rings is 3. The van der Waals surface area contributed by atoms with Crippen molar-refractivity contribution in [1.82, 2.24) is 5.32 Å². The molecule has 0 unspecified atom stereocenters. The van der Waals surface area contributed by atoms with E-state index in [1.807, 2.05) is 85.8 Å².